The molecule has 7 heteroatoms. The van der Waals surface area contributed by atoms with Gasteiger partial charge in [0.25, 0.3) is 5.91 Å². The minimum Gasteiger partial charge on any atom is -0.341 e. The summed E-state index contributed by atoms with van der Waals surface area (Å²) in [5.41, 5.74) is -1.40. The normalized spacial score (nSPS) is 14.6. The van der Waals surface area contributed by atoms with Gasteiger partial charge in [0.2, 0.25) is 5.82 Å². The molecule has 0 heterocycles. The Hall–Kier alpha value is -1.66. The van der Waals surface area contributed by atoms with Gasteiger partial charge in [0.05, 0.1) is 0 Å². The third kappa shape index (κ3) is 2.41. The average Bonchev–Trinajstić information content (AvgIpc) is 3.18. The van der Waals surface area contributed by atoms with E-state index in [0.29, 0.717) is 0 Å². The molecular weight excluding hydrogens is 269 g/mol. The zero-order valence-corrected chi connectivity index (χ0v) is 9.94. The molecule has 104 valence electrons. The summed E-state index contributed by atoms with van der Waals surface area (Å²) in [6.45, 7) is 0.234. The van der Waals surface area contributed by atoms with E-state index in [-0.39, 0.29) is 12.5 Å². The van der Waals surface area contributed by atoms with Crippen molar-refractivity contribution in [1.29, 1.82) is 0 Å². The summed E-state index contributed by atoms with van der Waals surface area (Å²) in [5.74, 6) is -11.6. The molecule has 1 aliphatic carbocycles. The van der Waals surface area contributed by atoms with Gasteiger partial charge in [0, 0.05) is 13.6 Å². The predicted molar refractivity (Wildman–Crippen MR) is 55.9 cm³/mol. The number of amides is 1. The summed E-state index contributed by atoms with van der Waals surface area (Å²) in [6, 6.07) is 0. The molecule has 2 nitrogen and oxygen atoms in total. The predicted octanol–water partition coefficient (Wildman–Crippen LogP) is 2.86. The maximum absolute atomic E-state index is 13.4. The molecule has 0 unspecified atom stereocenters. The van der Waals surface area contributed by atoms with Gasteiger partial charge < -0.3 is 4.90 Å². The monoisotopic (exact) mass is 279 g/mol. The van der Waals surface area contributed by atoms with Crippen LogP contribution in [0.25, 0.3) is 0 Å². The number of carbonyl (C=O) groups is 1. The molecule has 1 fully saturated rings. The second-order valence-electron chi connectivity index (χ2n) is 4.57. The van der Waals surface area contributed by atoms with Crippen LogP contribution in [-0.4, -0.2) is 24.4 Å². The lowest BCUT2D eigenvalue weighted by Gasteiger charge is -2.18. The first-order chi connectivity index (χ1) is 8.84. The largest absolute Gasteiger partial charge is 0.341 e. The Labute approximate surface area is 105 Å². The number of benzene rings is 1. The van der Waals surface area contributed by atoms with Crippen LogP contribution in [0.3, 0.4) is 0 Å². The fraction of sp³-hybridized carbons (Fsp3) is 0.417. The Bertz CT molecular complexity index is 512. The van der Waals surface area contributed by atoms with E-state index in [2.05, 4.69) is 0 Å². The molecule has 0 saturated heterocycles. The van der Waals surface area contributed by atoms with Crippen LogP contribution in [-0.2, 0) is 0 Å². The van der Waals surface area contributed by atoms with E-state index in [4.69, 9.17) is 0 Å². The number of halogens is 5. The van der Waals surface area contributed by atoms with Crippen molar-refractivity contribution in [3.8, 4) is 0 Å². The highest BCUT2D eigenvalue weighted by atomic mass is 19.2. The average molecular weight is 279 g/mol. The second-order valence-corrected chi connectivity index (χ2v) is 4.57. The molecule has 19 heavy (non-hydrogen) atoms. The van der Waals surface area contributed by atoms with Crippen LogP contribution in [0.4, 0.5) is 22.0 Å². The Morgan fingerprint density at radius 1 is 1.00 bits per heavy atom. The summed E-state index contributed by atoms with van der Waals surface area (Å²) in [6.07, 6.45) is 1.77. The molecule has 1 amide bonds. The first-order valence-electron chi connectivity index (χ1n) is 5.61. The highest BCUT2D eigenvalue weighted by Crippen LogP contribution is 2.30. The summed E-state index contributed by atoms with van der Waals surface area (Å²) >= 11 is 0. The molecule has 1 aromatic carbocycles. The third-order valence-electron chi connectivity index (χ3n) is 3.00. The minimum absolute atomic E-state index is 0.232. The molecule has 0 aromatic heterocycles. The van der Waals surface area contributed by atoms with Crippen molar-refractivity contribution in [2.45, 2.75) is 12.8 Å². The standard InChI is InChI=1S/C12H10F5NO/c1-18(4-5-2-3-5)12(19)6-7(13)9(15)11(17)10(16)8(6)14/h5H,2-4H2,1H3. The number of rotatable bonds is 3. The van der Waals surface area contributed by atoms with Gasteiger partial charge in [0.1, 0.15) is 5.56 Å². The van der Waals surface area contributed by atoms with E-state index >= 15 is 0 Å². The van der Waals surface area contributed by atoms with Crippen LogP contribution in [0.5, 0.6) is 0 Å². The van der Waals surface area contributed by atoms with Crippen molar-refractivity contribution in [1.82, 2.24) is 4.90 Å². The summed E-state index contributed by atoms with van der Waals surface area (Å²) in [4.78, 5) is 12.7. The topological polar surface area (TPSA) is 20.3 Å². The van der Waals surface area contributed by atoms with E-state index in [1.54, 1.807) is 0 Å². The highest BCUT2D eigenvalue weighted by molar-refractivity contribution is 5.94. The van der Waals surface area contributed by atoms with Crippen molar-refractivity contribution < 1.29 is 26.7 Å². The van der Waals surface area contributed by atoms with Crippen LogP contribution in [0.2, 0.25) is 0 Å². The molecule has 1 aromatic rings. The lowest BCUT2D eigenvalue weighted by Crippen LogP contribution is -2.31. The molecule has 0 radical (unpaired) electrons. The molecule has 0 spiro atoms. The highest BCUT2D eigenvalue weighted by Gasteiger charge is 2.33. The summed E-state index contributed by atoms with van der Waals surface area (Å²) in [7, 11) is 1.26. The third-order valence-corrected chi connectivity index (χ3v) is 3.00. The molecular formula is C12H10F5NO. The van der Waals surface area contributed by atoms with Gasteiger partial charge in [-0.1, -0.05) is 0 Å². The van der Waals surface area contributed by atoms with E-state index in [0.717, 1.165) is 17.7 Å². The first-order valence-corrected chi connectivity index (χ1v) is 5.61. The van der Waals surface area contributed by atoms with Crippen LogP contribution < -0.4 is 0 Å². The van der Waals surface area contributed by atoms with Crippen molar-refractivity contribution in [2.75, 3.05) is 13.6 Å². The molecule has 1 aliphatic rings. The molecule has 0 aliphatic heterocycles. The lowest BCUT2D eigenvalue weighted by molar-refractivity contribution is 0.0775. The maximum Gasteiger partial charge on any atom is 0.259 e. The minimum atomic E-state index is -2.27. The smallest absolute Gasteiger partial charge is 0.259 e. The molecule has 0 bridgehead atoms. The van der Waals surface area contributed by atoms with Gasteiger partial charge in [-0.2, -0.15) is 0 Å². The van der Waals surface area contributed by atoms with Gasteiger partial charge in [-0.25, -0.2) is 22.0 Å². The second kappa shape index (κ2) is 4.79. The van der Waals surface area contributed by atoms with Crippen molar-refractivity contribution >= 4 is 5.91 Å². The fourth-order valence-electron chi connectivity index (χ4n) is 1.75. The van der Waals surface area contributed by atoms with E-state index < -0.39 is 40.6 Å². The zero-order valence-electron chi connectivity index (χ0n) is 9.94. The quantitative estimate of drug-likeness (QED) is 0.473. The van der Waals surface area contributed by atoms with Gasteiger partial charge in [-0.15, -0.1) is 0 Å². The summed E-state index contributed by atoms with van der Waals surface area (Å²) in [5, 5.41) is 0. The zero-order chi connectivity index (χ0) is 14.3. The van der Waals surface area contributed by atoms with Gasteiger partial charge in [-0.3, -0.25) is 4.79 Å². The van der Waals surface area contributed by atoms with E-state index in [9.17, 15) is 26.7 Å². The van der Waals surface area contributed by atoms with E-state index in [1.807, 2.05) is 0 Å². The Morgan fingerprint density at radius 2 is 1.42 bits per heavy atom. The Balaban J connectivity index is 2.40. The van der Waals surface area contributed by atoms with Gasteiger partial charge in [0.15, 0.2) is 23.3 Å². The Morgan fingerprint density at radius 3 is 1.84 bits per heavy atom. The Kier molecular flexibility index (Phi) is 3.47. The number of hydrogen-bond donors (Lipinski definition) is 0. The molecule has 2 rings (SSSR count). The van der Waals surface area contributed by atoms with Crippen molar-refractivity contribution in [3.05, 3.63) is 34.6 Å². The van der Waals surface area contributed by atoms with E-state index in [1.165, 1.54) is 7.05 Å². The molecule has 0 N–H and O–H groups in total. The van der Waals surface area contributed by atoms with Gasteiger partial charge >= 0.3 is 0 Å². The number of nitrogens with zero attached hydrogens (tertiary/aromatic N) is 1. The van der Waals surface area contributed by atoms with Crippen LogP contribution in [0, 0.1) is 35.0 Å². The van der Waals surface area contributed by atoms with Crippen molar-refractivity contribution in [3.63, 3.8) is 0 Å². The number of carbonyl (C=O) groups excluding carboxylic acids is 1. The summed E-state index contributed by atoms with van der Waals surface area (Å²) < 4.78 is 65.6. The van der Waals surface area contributed by atoms with Gasteiger partial charge in [-0.05, 0) is 18.8 Å². The van der Waals surface area contributed by atoms with Crippen LogP contribution >= 0.6 is 0 Å². The lowest BCUT2D eigenvalue weighted by atomic mass is 10.1. The molecule has 1 saturated carbocycles. The maximum atomic E-state index is 13.4. The molecule has 0 atom stereocenters. The first kappa shape index (κ1) is 13.8. The van der Waals surface area contributed by atoms with Crippen LogP contribution in [0.1, 0.15) is 23.2 Å². The van der Waals surface area contributed by atoms with Crippen LogP contribution in [0.15, 0.2) is 0 Å². The van der Waals surface area contributed by atoms with Crippen molar-refractivity contribution in [2.24, 2.45) is 5.92 Å². The SMILES string of the molecule is CN(CC1CC1)C(=O)c1c(F)c(F)c(F)c(F)c1F. The fourth-order valence-corrected chi connectivity index (χ4v) is 1.75. The number of hydrogen-bond acceptors (Lipinski definition) is 1.